The number of nitrogens with zero attached hydrogens (tertiary/aromatic N) is 1. The molecule has 2 saturated heterocycles. The molecule has 1 spiro atoms. The van der Waals surface area contributed by atoms with E-state index in [0.29, 0.717) is 11.3 Å². The number of piperidine rings is 2. The average Bonchev–Trinajstić information content (AvgIpc) is 2.29. The molecule has 2 aliphatic heterocycles. The van der Waals surface area contributed by atoms with Crippen molar-refractivity contribution in [1.82, 2.24) is 10.2 Å². The Morgan fingerprint density at radius 2 is 1.59 bits per heavy atom. The van der Waals surface area contributed by atoms with Gasteiger partial charge in [-0.25, -0.2) is 0 Å². The largest absolute Gasteiger partial charge is 0.342 e. The van der Waals surface area contributed by atoms with Crippen LogP contribution >= 0.6 is 0 Å². The van der Waals surface area contributed by atoms with Crippen LogP contribution in [0.3, 0.4) is 0 Å². The van der Waals surface area contributed by atoms with Gasteiger partial charge < -0.3 is 10.2 Å². The van der Waals surface area contributed by atoms with Gasteiger partial charge in [-0.2, -0.15) is 0 Å². The lowest BCUT2D eigenvalue weighted by Gasteiger charge is -2.45. The summed E-state index contributed by atoms with van der Waals surface area (Å²) in [4.78, 5) is 14.3. The molecule has 2 aliphatic rings. The Balaban J connectivity index is 1.91. The van der Waals surface area contributed by atoms with E-state index < -0.39 is 0 Å². The first-order valence-corrected chi connectivity index (χ1v) is 6.93. The molecule has 1 N–H and O–H groups in total. The standard InChI is InChI=1S/C14H26N2O/c1-13(2,3)12(17)16-10-6-14(7-11-16)4-8-15-9-5-14/h15H,4-11H2,1-3H3. The molecule has 0 aliphatic carbocycles. The van der Waals surface area contributed by atoms with Crippen LogP contribution in [0, 0.1) is 10.8 Å². The van der Waals surface area contributed by atoms with Crippen molar-refractivity contribution >= 4 is 5.91 Å². The molecule has 2 heterocycles. The minimum Gasteiger partial charge on any atom is -0.342 e. The quantitative estimate of drug-likeness (QED) is 0.700. The lowest BCUT2D eigenvalue weighted by Crippen LogP contribution is -2.49. The summed E-state index contributed by atoms with van der Waals surface area (Å²) in [5.74, 6) is 0.321. The summed E-state index contributed by atoms with van der Waals surface area (Å²) in [7, 11) is 0. The molecule has 0 aromatic rings. The second kappa shape index (κ2) is 4.60. The van der Waals surface area contributed by atoms with E-state index in [4.69, 9.17) is 0 Å². The van der Waals surface area contributed by atoms with E-state index in [0.717, 1.165) is 26.2 Å². The maximum atomic E-state index is 12.2. The number of rotatable bonds is 0. The summed E-state index contributed by atoms with van der Waals surface area (Å²) < 4.78 is 0. The molecule has 3 heteroatoms. The van der Waals surface area contributed by atoms with Crippen molar-refractivity contribution in [2.45, 2.75) is 46.5 Å². The molecule has 98 valence electrons. The third kappa shape index (κ3) is 2.82. The molecule has 0 aromatic heterocycles. The van der Waals surface area contributed by atoms with Gasteiger partial charge in [-0.15, -0.1) is 0 Å². The van der Waals surface area contributed by atoms with E-state index in [-0.39, 0.29) is 5.41 Å². The van der Waals surface area contributed by atoms with Crippen LogP contribution in [0.1, 0.15) is 46.5 Å². The van der Waals surface area contributed by atoms with E-state index >= 15 is 0 Å². The fraction of sp³-hybridized carbons (Fsp3) is 0.929. The van der Waals surface area contributed by atoms with Crippen molar-refractivity contribution in [1.29, 1.82) is 0 Å². The SMILES string of the molecule is CC(C)(C)C(=O)N1CCC2(CCNCC2)CC1. The highest BCUT2D eigenvalue weighted by Crippen LogP contribution is 2.40. The number of hydrogen-bond donors (Lipinski definition) is 1. The highest BCUT2D eigenvalue weighted by molar-refractivity contribution is 5.81. The first-order chi connectivity index (χ1) is 7.93. The van der Waals surface area contributed by atoms with E-state index in [1.165, 1.54) is 25.7 Å². The predicted molar refractivity (Wildman–Crippen MR) is 69.8 cm³/mol. The van der Waals surface area contributed by atoms with Crippen LogP contribution < -0.4 is 5.32 Å². The Morgan fingerprint density at radius 1 is 1.06 bits per heavy atom. The Labute approximate surface area is 105 Å². The van der Waals surface area contributed by atoms with Crippen LogP contribution in [0.4, 0.5) is 0 Å². The van der Waals surface area contributed by atoms with Crippen LogP contribution in [0.2, 0.25) is 0 Å². The highest BCUT2D eigenvalue weighted by atomic mass is 16.2. The molecule has 0 radical (unpaired) electrons. The van der Waals surface area contributed by atoms with Crippen molar-refractivity contribution in [2.75, 3.05) is 26.2 Å². The highest BCUT2D eigenvalue weighted by Gasteiger charge is 2.38. The molecule has 17 heavy (non-hydrogen) atoms. The van der Waals surface area contributed by atoms with Gasteiger partial charge in [0.1, 0.15) is 0 Å². The lowest BCUT2D eigenvalue weighted by molar-refractivity contribution is -0.142. The van der Waals surface area contributed by atoms with Crippen LogP contribution in [-0.2, 0) is 4.79 Å². The third-order valence-corrected chi connectivity index (χ3v) is 4.42. The van der Waals surface area contributed by atoms with Crippen molar-refractivity contribution in [2.24, 2.45) is 10.8 Å². The van der Waals surface area contributed by atoms with Crippen molar-refractivity contribution < 1.29 is 4.79 Å². The fourth-order valence-corrected chi connectivity index (χ4v) is 3.12. The summed E-state index contributed by atoms with van der Waals surface area (Å²) in [6, 6.07) is 0. The molecule has 0 bridgehead atoms. The molecule has 0 atom stereocenters. The number of nitrogens with one attached hydrogen (secondary N) is 1. The lowest BCUT2D eigenvalue weighted by atomic mass is 9.71. The maximum absolute atomic E-state index is 12.2. The number of likely N-dealkylation sites (tertiary alicyclic amines) is 1. The second-order valence-electron chi connectivity index (χ2n) is 6.79. The van der Waals surface area contributed by atoms with Crippen molar-refractivity contribution in [3.63, 3.8) is 0 Å². The Morgan fingerprint density at radius 3 is 2.06 bits per heavy atom. The molecule has 0 aromatic carbocycles. The number of carbonyl (C=O) groups is 1. The molecular formula is C14H26N2O. The zero-order valence-corrected chi connectivity index (χ0v) is 11.5. The first kappa shape index (κ1) is 12.9. The van der Waals surface area contributed by atoms with Crippen molar-refractivity contribution in [3.8, 4) is 0 Å². The van der Waals surface area contributed by atoms with E-state index in [1.54, 1.807) is 0 Å². The maximum Gasteiger partial charge on any atom is 0.227 e. The third-order valence-electron chi connectivity index (χ3n) is 4.42. The minimum atomic E-state index is -0.224. The van der Waals surface area contributed by atoms with Crippen LogP contribution in [0.15, 0.2) is 0 Å². The number of hydrogen-bond acceptors (Lipinski definition) is 2. The van der Waals surface area contributed by atoms with Crippen LogP contribution in [-0.4, -0.2) is 37.0 Å². The monoisotopic (exact) mass is 238 g/mol. The summed E-state index contributed by atoms with van der Waals surface area (Å²) >= 11 is 0. The predicted octanol–water partition coefficient (Wildman–Crippen LogP) is 2.02. The molecule has 0 unspecified atom stereocenters. The Hall–Kier alpha value is -0.570. The van der Waals surface area contributed by atoms with Gasteiger partial charge >= 0.3 is 0 Å². The zero-order valence-electron chi connectivity index (χ0n) is 11.5. The van der Waals surface area contributed by atoms with E-state index in [1.807, 2.05) is 20.8 Å². The second-order valence-corrected chi connectivity index (χ2v) is 6.79. The van der Waals surface area contributed by atoms with Crippen molar-refractivity contribution in [3.05, 3.63) is 0 Å². The topological polar surface area (TPSA) is 32.3 Å². The molecule has 1 amide bonds. The van der Waals surface area contributed by atoms with Crippen LogP contribution in [0.25, 0.3) is 0 Å². The normalized spacial score (nSPS) is 25.0. The molecule has 2 rings (SSSR count). The fourth-order valence-electron chi connectivity index (χ4n) is 3.12. The summed E-state index contributed by atoms with van der Waals surface area (Å²) in [5, 5.41) is 3.43. The van der Waals surface area contributed by atoms with Gasteiger partial charge in [0, 0.05) is 18.5 Å². The molecule has 0 saturated carbocycles. The van der Waals surface area contributed by atoms with Gasteiger partial charge in [0.05, 0.1) is 0 Å². The minimum absolute atomic E-state index is 0.224. The van der Waals surface area contributed by atoms with Gasteiger partial charge in [0.15, 0.2) is 0 Å². The van der Waals surface area contributed by atoms with E-state index in [2.05, 4.69) is 10.2 Å². The Bertz CT molecular complexity index is 277. The molecule has 2 fully saturated rings. The van der Waals surface area contributed by atoms with Gasteiger partial charge in [-0.1, -0.05) is 20.8 Å². The van der Waals surface area contributed by atoms with Gasteiger partial charge in [0.25, 0.3) is 0 Å². The van der Waals surface area contributed by atoms with Gasteiger partial charge in [-0.05, 0) is 44.2 Å². The van der Waals surface area contributed by atoms with E-state index in [9.17, 15) is 4.79 Å². The smallest absolute Gasteiger partial charge is 0.227 e. The molecular weight excluding hydrogens is 212 g/mol. The average molecular weight is 238 g/mol. The Kier molecular flexibility index (Phi) is 3.48. The van der Waals surface area contributed by atoms with Gasteiger partial charge in [-0.3, -0.25) is 4.79 Å². The first-order valence-electron chi connectivity index (χ1n) is 6.93. The molecule has 3 nitrogen and oxygen atoms in total. The zero-order chi connectivity index (χ0) is 12.5. The summed E-state index contributed by atoms with van der Waals surface area (Å²) in [5.41, 5.74) is 0.318. The number of amides is 1. The van der Waals surface area contributed by atoms with Crippen LogP contribution in [0.5, 0.6) is 0 Å². The van der Waals surface area contributed by atoms with Gasteiger partial charge in [0.2, 0.25) is 5.91 Å². The summed E-state index contributed by atoms with van der Waals surface area (Å²) in [6.45, 7) is 10.3. The number of carbonyl (C=O) groups excluding carboxylic acids is 1. The summed E-state index contributed by atoms with van der Waals surface area (Å²) in [6.07, 6.45) is 5.00.